The lowest BCUT2D eigenvalue weighted by Gasteiger charge is -2.30. The van der Waals surface area contributed by atoms with E-state index in [9.17, 15) is 9.59 Å². The van der Waals surface area contributed by atoms with E-state index in [0.29, 0.717) is 31.7 Å². The van der Waals surface area contributed by atoms with E-state index >= 15 is 0 Å². The van der Waals surface area contributed by atoms with Gasteiger partial charge < -0.3 is 19.8 Å². The molecule has 2 N–H and O–H groups in total. The highest BCUT2D eigenvalue weighted by molar-refractivity contribution is 6.00. The van der Waals surface area contributed by atoms with Gasteiger partial charge in [0.1, 0.15) is 11.3 Å². The third-order valence-corrected chi connectivity index (χ3v) is 6.54. The number of hydrogen-bond acceptors (Lipinski definition) is 4. The molecule has 0 saturated carbocycles. The molecule has 6 nitrogen and oxygen atoms in total. The highest BCUT2D eigenvalue weighted by atomic mass is 16.5. The van der Waals surface area contributed by atoms with Crippen LogP contribution in [-0.2, 0) is 9.59 Å². The number of allylic oxidation sites excluding steroid dienone is 1. The summed E-state index contributed by atoms with van der Waals surface area (Å²) in [5.74, 6) is 0.148. The number of hydrogen-bond donors (Lipinski definition) is 1. The third kappa shape index (κ3) is 4.51. The quantitative estimate of drug-likeness (QED) is 0.568. The Labute approximate surface area is 194 Å². The zero-order valence-electron chi connectivity index (χ0n) is 19.6. The van der Waals surface area contributed by atoms with Crippen LogP contribution in [0.4, 0.5) is 0 Å². The second-order valence-corrected chi connectivity index (χ2v) is 8.85. The Morgan fingerprint density at radius 3 is 2.48 bits per heavy atom. The van der Waals surface area contributed by atoms with Crippen molar-refractivity contribution in [2.45, 2.75) is 33.6 Å². The number of nitrogens with zero attached hydrogens (tertiary/aromatic N) is 1. The molecule has 1 fully saturated rings. The maximum Gasteiger partial charge on any atom is 0.246 e. The second kappa shape index (κ2) is 9.14. The molecule has 2 amide bonds. The van der Waals surface area contributed by atoms with Crippen LogP contribution in [0, 0.1) is 19.8 Å². The van der Waals surface area contributed by atoms with E-state index in [0.717, 1.165) is 33.2 Å². The first-order chi connectivity index (χ1) is 15.8. The predicted octanol–water partition coefficient (Wildman–Crippen LogP) is 4.85. The molecule has 0 aliphatic carbocycles. The molecule has 2 heterocycles. The smallest absolute Gasteiger partial charge is 0.246 e. The number of carbonyl (C=O) groups excluding carboxylic acids is 2. The summed E-state index contributed by atoms with van der Waals surface area (Å²) in [6.07, 6.45) is 4.64. The Morgan fingerprint density at radius 2 is 1.85 bits per heavy atom. The van der Waals surface area contributed by atoms with E-state index < -0.39 is 0 Å². The lowest BCUT2D eigenvalue weighted by Crippen LogP contribution is -2.41. The van der Waals surface area contributed by atoms with E-state index in [2.05, 4.69) is 32.0 Å². The monoisotopic (exact) mass is 446 g/mol. The topological polar surface area (TPSA) is 85.8 Å². The number of ether oxygens (including phenoxy) is 1. The van der Waals surface area contributed by atoms with Gasteiger partial charge in [0.25, 0.3) is 0 Å². The molecule has 3 aromatic rings. The Balaban J connectivity index is 1.67. The van der Waals surface area contributed by atoms with Crippen molar-refractivity contribution in [2.75, 3.05) is 20.2 Å². The highest BCUT2D eigenvalue weighted by Gasteiger charge is 2.25. The third-order valence-electron chi connectivity index (χ3n) is 6.54. The minimum Gasteiger partial charge on any atom is -0.496 e. The molecule has 1 aromatic heterocycles. The number of benzene rings is 2. The molecule has 172 valence electrons. The van der Waals surface area contributed by atoms with Gasteiger partial charge in [0.05, 0.1) is 13.4 Å². The van der Waals surface area contributed by atoms with Gasteiger partial charge in [-0.05, 0) is 56.4 Å². The van der Waals surface area contributed by atoms with Crippen LogP contribution in [0.25, 0.3) is 27.7 Å². The zero-order valence-corrected chi connectivity index (χ0v) is 19.6. The molecular formula is C27H30N2O4. The Bertz CT molecular complexity index is 1250. The van der Waals surface area contributed by atoms with Crippen LogP contribution in [0.15, 0.2) is 47.1 Å². The van der Waals surface area contributed by atoms with E-state index in [4.69, 9.17) is 14.9 Å². The first kappa shape index (κ1) is 22.6. The standard InChI is InChI=1S/C27H30N2O4/c1-16-5-6-20(17(2)11-16)23-15-33-25-14-24(32-4)21(13-22(23)25)18(3)12-26(30)29-9-7-19(8-10-29)27(28)31/h5-6,11-15,19H,7-10H2,1-4H3,(H2,28,31)/b18-12+. The predicted molar refractivity (Wildman–Crippen MR) is 130 cm³/mol. The molecular weight excluding hydrogens is 416 g/mol. The van der Waals surface area contributed by atoms with Crippen LogP contribution in [0.2, 0.25) is 0 Å². The number of amides is 2. The number of nitrogens with two attached hydrogens (primary N) is 1. The number of furan rings is 1. The zero-order chi connectivity index (χ0) is 23.7. The van der Waals surface area contributed by atoms with Crippen LogP contribution < -0.4 is 10.5 Å². The summed E-state index contributed by atoms with van der Waals surface area (Å²) in [7, 11) is 1.61. The van der Waals surface area contributed by atoms with Crippen LogP contribution in [-0.4, -0.2) is 36.9 Å². The molecule has 2 aromatic carbocycles. The number of carbonyl (C=O) groups is 2. The summed E-state index contributed by atoms with van der Waals surface area (Å²) >= 11 is 0. The van der Waals surface area contributed by atoms with Gasteiger partial charge in [-0.2, -0.15) is 0 Å². The van der Waals surface area contributed by atoms with Gasteiger partial charge in [0.15, 0.2) is 0 Å². The molecule has 0 atom stereocenters. The normalized spacial score (nSPS) is 15.2. The van der Waals surface area contributed by atoms with E-state index in [1.165, 1.54) is 11.1 Å². The van der Waals surface area contributed by atoms with Crippen molar-refractivity contribution < 1.29 is 18.7 Å². The second-order valence-electron chi connectivity index (χ2n) is 8.85. The SMILES string of the molecule is COc1cc2occ(-c3ccc(C)cc3C)c2cc1/C(C)=C/C(=O)N1CCC(C(N)=O)CC1. The number of fused-ring (bicyclic) bond motifs is 1. The minimum absolute atomic E-state index is 0.0700. The van der Waals surface area contributed by atoms with Gasteiger partial charge in [0.2, 0.25) is 11.8 Å². The number of piperidine rings is 1. The van der Waals surface area contributed by atoms with Gasteiger partial charge in [-0.3, -0.25) is 9.59 Å². The molecule has 0 radical (unpaired) electrons. The summed E-state index contributed by atoms with van der Waals surface area (Å²) in [5, 5.41) is 0.972. The van der Waals surface area contributed by atoms with E-state index in [-0.39, 0.29) is 17.7 Å². The number of rotatable bonds is 5. The number of likely N-dealkylation sites (tertiary alicyclic amines) is 1. The fraction of sp³-hybridized carbons (Fsp3) is 0.333. The summed E-state index contributed by atoms with van der Waals surface area (Å²) < 4.78 is 11.5. The minimum atomic E-state index is -0.286. The molecule has 1 aliphatic rings. The van der Waals surface area contributed by atoms with Gasteiger partial charge >= 0.3 is 0 Å². The fourth-order valence-electron chi connectivity index (χ4n) is 4.60. The Kier molecular flexibility index (Phi) is 6.27. The Hall–Kier alpha value is -3.54. The lowest BCUT2D eigenvalue weighted by molar-refractivity contribution is -0.130. The van der Waals surface area contributed by atoms with Crippen LogP contribution >= 0.6 is 0 Å². The van der Waals surface area contributed by atoms with Gasteiger partial charge in [-0.1, -0.05) is 23.8 Å². The van der Waals surface area contributed by atoms with Crippen LogP contribution in [0.1, 0.15) is 36.5 Å². The van der Waals surface area contributed by atoms with Crippen molar-refractivity contribution in [3.8, 4) is 16.9 Å². The average molecular weight is 447 g/mol. The van der Waals surface area contributed by atoms with Gasteiger partial charge in [-0.15, -0.1) is 0 Å². The van der Waals surface area contributed by atoms with Crippen molar-refractivity contribution in [3.63, 3.8) is 0 Å². The first-order valence-electron chi connectivity index (χ1n) is 11.2. The molecule has 0 spiro atoms. The molecule has 1 aliphatic heterocycles. The van der Waals surface area contributed by atoms with Crippen molar-refractivity contribution in [1.29, 1.82) is 0 Å². The average Bonchev–Trinajstić information content (AvgIpc) is 3.20. The highest BCUT2D eigenvalue weighted by Crippen LogP contribution is 2.38. The fourth-order valence-corrected chi connectivity index (χ4v) is 4.60. The van der Waals surface area contributed by atoms with Crippen molar-refractivity contribution in [3.05, 3.63) is 59.4 Å². The molecule has 4 rings (SSSR count). The van der Waals surface area contributed by atoms with E-state index in [1.54, 1.807) is 24.3 Å². The summed E-state index contributed by atoms with van der Waals surface area (Å²) in [4.78, 5) is 26.1. The molecule has 0 unspecified atom stereocenters. The molecule has 6 heteroatoms. The van der Waals surface area contributed by atoms with E-state index in [1.807, 2.05) is 19.1 Å². The molecule has 33 heavy (non-hydrogen) atoms. The Morgan fingerprint density at radius 1 is 1.12 bits per heavy atom. The number of aryl methyl sites for hydroxylation is 2. The van der Waals surface area contributed by atoms with Gasteiger partial charge in [-0.25, -0.2) is 0 Å². The lowest BCUT2D eigenvalue weighted by atomic mass is 9.95. The van der Waals surface area contributed by atoms with Crippen molar-refractivity contribution >= 4 is 28.4 Å². The molecule has 1 saturated heterocycles. The van der Waals surface area contributed by atoms with Crippen LogP contribution in [0.3, 0.4) is 0 Å². The maximum atomic E-state index is 12.9. The number of primary amides is 1. The number of methoxy groups -OCH3 is 1. The van der Waals surface area contributed by atoms with Crippen LogP contribution in [0.5, 0.6) is 5.75 Å². The summed E-state index contributed by atoms with van der Waals surface area (Å²) in [6, 6.07) is 10.3. The molecule has 0 bridgehead atoms. The summed E-state index contributed by atoms with van der Waals surface area (Å²) in [6.45, 7) is 7.15. The van der Waals surface area contributed by atoms with Gasteiger partial charge in [0, 0.05) is 47.7 Å². The first-order valence-corrected chi connectivity index (χ1v) is 11.2. The van der Waals surface area contributed by atoms with Crippen molar-refractivity contribution in [2.24, 2.45) is 11.7 Å². The largest absolute Gasteiger partial charge is 0.496 e. The maximum absolute atomic E-state index is 12.9. The summed E-state index contributed by atoms with van der Waals surface area (Å²) in [5.41, 5.74) is 12.3. The van der Waals surface area contributed by atoms with Crippen molar-refractivity contribution in [1.82, 2.24) is 4.90 Å².